The Labute approximate surface area is 121 Å². The lowest BCUT2D eigenvalue weighted by atomic mass is 9.86. The lowest BCUT2D eigenvalue weighted by Gasteiger charge is -2.48. The molecule has 0 amide bonds. The molecule has 1 heterocycles. The van der Waals surface area contributed by atoms with Crippen LogP contribution in [-0.4, -0.2) is 37.3 Å². The van der Waals surface area contributed by atoms with Gasteiger partial charge in [0.25, 0.3) is 0 Å². The molecule has 110 valence electrons. The monoisotopic (exact) mass is 276 g/mol. The Morgan fingerprint density at radius 3 is 2.70 bits per heavy atom. The number of nitrogens with zero attached hydrogens (tertiary/aromatic N) is 1. The molecule has 1 aromatic rings. The summed E-state index contributed by atoms with van der Waals surface area (Å²) in [6.07, 6.45) is 3.35. The molecule has 1 saturated heterocycles. The van der Waals surface area contributed by atoms with Gasteiger partial charge in [0.2, 0.25) is 0 Å². The molecule has 1 aliphatic heterocycles. The standard InChI is InChI=1S/C17H25FN2/c1-17(15-6-3-2-4-7-15)13-19-16(14-8-9-14)12-20(17)11-5-10-18/h2-4,6-7,14,16,19H,5,8-13H2,1H3. The fraction of sp³-hybridized carbons (Fsp3) is 0.647. The summed E-state index contributed by atoms with van der Waals surface area (Å²) in [6.45, 7) is 4.94. The van der Waals surface area contributed by atoms with Crippen LogP contribution in [0.2, 0.25) is 0 Å². The number of nitrogens with one attached hydrogen (secondary N) is 1. The molecule has 0 spiro atoms. The van der Waals surface area contributed by atoms with E-state index in [0.717, 1.165) is 25.6 Å². The maximum absolute atomic E-state index is 12.6. The molecular weight excluding hydrogens is 251 g/mol. The van der Waals surface area contributed by atoms with Crippen molar-refractivity contribution in [1.29, 1.82) is 0 Å². The average Bonchev–Trinajstić information content (AvgIpc) is 3.32. The van der Waals surface area contributed by atoms with Crippen molar-refractivity contribution in [2.24, 2.45) is 5.92 Å². The van der Waals surface area contributed by atoms with Crippen molar-refractivity contribution in [3.05, 3.63) is 35.9 Å². The normalized spacial score (nSPS) is 31.4. The number of piperazine rings is 1. The van der Waals surface area contributed by atoms with Gasteiger partial charge in [-0.05, 0) is 37.7 Å². The minimum Gasteiger partial charge on any atom is -0.310 e. The second kappa shape index (κ2) is 5.82. The molecular formula is C17H25FN2. The van der Waals surface area contributed by atoms with Gasteiger partial charge in [0.1, 0.15) is 0 Å². The summed E-state index contributed by atoms with van der Waals surface area (Å²) >= 11 is 0. The summed E-state index contributed by atoms with van der Waals surface area (Å²) in [5.41, 5.74) is 1.32. The van der Waals surface area contributed by atoms with Gasteiger partial charge in [-0.1, -0.05) is 30.3 Å². The van der Waals surface area contributed by atoms with E-state index in [-0.39, 0.29) is 12.2 Å². The average molecular weight is 276 g/mol. The summed E-state index contributed by atoms with van der Waals surface area (Å²) in [6, 6.07) is 11.2. The van der Waals surface area contributed by atoms with Crippen molar-refractivity contribution in [3.8, 4) is 0 Å². The van der Waals surface area contributed by atoms with Crippen LogP contribution < -0.4 is 5.32 Å². The molecule has 2 atom stereocenters. The zero-order valence-corrected chi connectivity index (χ0v) is 12.3. The Balaban J connectivity index is 1.79. The van der Waals surface area contributed by atoms with E-state index in [1.54, 1.807) is 0 Å². The van der Waals surface area contributed by atoms with Crippen molar-refractivity contribution in [3.63, 3.8) is 0 Å². The molecule has 0 bridgehead atoms. The van der Waals surface area contributed by atoms with E-state index in [2.05, 4.69) is 47.5 Å². The third-order valence-electron chi connectivity index (χ3n) is 4.97. The quantitative estimate of drug-likeness (QED) is 0.889. The Morgan fingerprint density at radius 2 is 2.05 bits per heavy atom. The number of hydrogen-bond acceptors (Lipinski definition) is 2. The fourth-order valence-corrected chi connectivity index (χ4v) is 3.43. The van der Waals surface area contributed by atoms with Gasteiger partial charge in [-0.2, -0.15) is 0 Å². The number of benzene rings is 1. The molecule has 0 aromatic heterocycles. The van der Waals surface area contributed by atoms with Gasteiger partial charge in [-0.25, -0.2) is 0 Å². The van der Waals surface area contributed by atoms with Crippen LogP contribution in [0, 0.1) is 5.92 Å². The minimum atomic E-state index is -0.219. The van der Waals surface area contributed by atoms with Gasteiger partial charge in [-0.3, -0.25) is 9.29 Å². The highest BCUT2D eigenvalue weighted by Gasteiger charge is 2.43. The highest BCUT2D eigenvalue weighted by atomic mass is 19.1. The van der Waals surface area contributed by atoms with Crippen LogP contribution in [0.4, 0.5) is 4.39 Å². The van der Waals surface area contributed by atoms with E-state index in [1.165, 1.54) is 18.4 Å². The zero-order chi connectivity index (χ0) is 14.0. The Hall–Kier alpha value is -0.930. The molecule has 20 heavy (non-hydrogen) atoms. The molecule has 3 rings (SSSR count). The van der Waals surface area contributed by atoms with E-state index < -0.39 is 0 Å². The van der Waals surface area contributed by atoms with Gasteiger partial charge >= 0.3 is 0 Å². The van der Waals surface area contributed by atoms with Crippen LogP contribution in [0.5, 0.6) is 0 Å². The lowest BCUT2D eigenvalue weighted by Crippen LogP contribution is -2.62. The van der Waals surface area contributed by atoms with Gasteiger partial charge in [0.15, 0.2) is 0 Å². The first kappa shape index (κ1) is 14.0. The zero-order valence-electron chi connectivity index (χ0n) is 12.3. The van der Waals surface area contributed by atoms with Crippen LogP contribution in [0.15, 0.2) is 30.3 Å². The highest BCUT2D eigenvalue weighted by molar-refractivity contribution is 5.25. The molecule has 1 N–H and O–H groups in total. The second-order valence-corrected chi connectivity index (χ2v) is 6.45. The molecule has 1 aliphatic carbocycles. The van der Waals surface area contributed by atoms with E-state index in [0.29, 0.717) is 12.5 Å². The Bertz CT molecular complexity index is 432. The molecule has 0 radical (unpaired) electrons. The van der Waals surface area contributed by atoms with Gasteiger partial charge in [-0.15, -0.1) is 0 Å². The Morgan fingerprint density at radius 1 is 1.30 bits per heavy atom. The van der Waals surface area contributed by atoms with Crippen molar-refractivity contribution < 1.29 is 4.39 Å². The van der Waals surface area contributed by atoms with E-state index in [4.69, 9.17) is 0 Å². The maximum atomic E-state index is 12.6. The third-order valence-corrected chi connectivity index (χ3v) is 4.97. The fourth-order valence-electron chi connectivity index (χ4n) is 3.43. The lowest BCUT2D eigenvalue weighted by molar-refractivity contribution is 0.0420. The topological polar surface area (TPSA) is 15.3 Å². The number of alkyl halides is 1. The smallest absolute Gasteiger partial charge is 0.0906 e. The SMILES string of the molecule is CC1(c2ccccc2)CNC(C2CC2)CN1CCCF. The van der Waals surface area contributed by atoms with E-state index in [1.807, 2.05) is 0 Å². The molecule has 1 aromatic carbocycles. The van der Waals surface area contributed by atoms with Crippen molar-refractivity contribution in [2.75, 3.05) is 26.3 Å². The van der Waals surface area contributed by atoms with Crippen LogP contribution in [0.25, 0.3) is 0 Å². The van der Waals surface area contributed by atoms with Gasteiger partial charge < -0.3 is 5.32 Å². The van der Waals surface area contributed by atoms with Gasteiger partial charge in [0, 0.05) is 25.7 Å². The predicted molar refractivity (Wildman–Crippen MR) is 80.5 cm³/mol. The number of halogens is 1. The van der Waals surface area contributed by atoms with Crippen molar-refractivity contribution in [1.82, 2.24) is 10.2 Å². The minimum absolute atomic E-state index is 0.0121. The summed E-state index contributed by atoms with van der Waals surface area (Å²) in [4.78, 5) is 2.50. The summed E-state index contributed by atoms with van der Waals surface area (Å²) in [5.74, 6) is 0.850. The molecule has 2 unspecified atom stereocenters. The summed E-state index contributed by atoms with van der Waals surface area (Å²) < 4.78 is 12.6. The second-order valence-electron chi connectivity index (χ2n) is 6.45. The molecule has 2 nitrogen and oxygen atoms in total. The summed E-state index contributed by atoms with van der Waals surface area (Å²) in [5, 5.41) is 3.74. The molecule has 3 heteroatoms. The third kappa shape index (κ3) is 2.75. The van der Waals surface area contributed by atoms with Crippen molar-refractivity contribution in [2.45, 2.75) is 37.8 Å². The maximum Gasteiger partial charge on any atom is 0.0906 e. The highest BCUT2D eigenvalue weighted by Crippen LogP contribution is 2.38. The number of rotatable bonds is 5. The van der Waals surface area contributed by atoms with Gasteiger partial charge in [0.05, 0.1) is 12.2 Å². The van der Waals surface area contributed by atoms with Crippen LogP contribution in [0.1, 0.15) is 31.7 Å². The Kier molecular flexibility index (Phi) is 4.08. The van der Waals surface area contributed by atoms with Crippen LogP contribution in [0.3, 0.4) is 0 Å². The largest absolute Gasteiger partial charge is 0.310 e. The number of hydrogen-bond donors (Lipinski definition) is 1. The van der Waals surface area contributed by atoms with Crippen molar-refractivity contribution >= 4 is 0 Å². The van der Waals surface area contributed by atoms with Crippen LogP contribution in [-0.2, 0) is 5.54 Å². The van der Waals surface area contributed by atoms with E-state index >= 15 is 0 Å². The first-order chi connectivity index (χ1) is 9.74. The molecule has 2 fully saturated rings. The first-order valence-electron chi connectivity index (χ1n) is 7.84. The predicted octanol–water partition coefficient (Wildman–Crippen LogP) is 2.95. The molecule has 1 saturated carbocycles. The first-order valence-corrected chi connectivity index (χ1v) is 7.84. The summed E-state index contributed by atoms with van der Waals surface area (Å²) in [7, 11) is 0. The van der Waals surface area contributed by atoms with Crippen LogP contribution >= 0.6 is 0 Å². The molecule has 2 aliphatic rings. The van der Waals surface area contributed by atoms with E-state index in [9.17, 15) is 4.39 Å².